The number of nitrogens with zero attached hydrogens (tertiary/aromatic N) is 2. The Labute approximate surface area is 100 Å². The summed E-state index contributed by atoms with van der Waals surface area (Å²) < 4.78 is 1.15. The van der Waals surface area contributed by atoms with E-state index >= 15 is 0 Å². The molecule has 0 aliphatic carbocycles. The van der Waals surface area contributed by atoms with E-state index in [1.54, 1.807) is 0 Å². The van der Waals surface area contributed by atoms with Crippen molar-refractivity contribution >= 4 is 15.9 Å². The van der Waals surface area contributed by atoms with Crippen LogP contribution in [-0.4, -0.2) is 43.5 Å². The first-order valence-electron chi connectivity index (χ1n) is 5.31. The zero-order valence-corrected chi connectivity index (χ0v) is 10.9. The van der Waals surface area contributed by atoms with Gasteiger partial charge in [-0.2, -0.15) is 0 Å². The van der Waals surface area contributed by atoms with Crippen LogP contribution in [0.15, 0.2) is 28.7 Å². The third-order valence-electron chi connectivity index (χ3n) is 3.11. The fourth-order valence-corrected chi connectivity index (χ4v) is 2.32. The summed E-state index contributed by atoms with van der Waals surface area (Å²) >= 11 is 3.47. The maximum Gasteiger partial charge on any atom is 0.0472 e. The number of hydrogen-bond acceptors (Lipinski definition) is 2. The van der Waals surface area contributed by atoms with E-state index in [2.05, 4.69) is 64.1 Å². The molecule has 1 heterocycles. The minimum Gasteiger partial charge on any atom is -0.303 e. The quantitative estimate of drug-likeness (QED) is 0.772. The summed E-state index contributed by atoms with van der Waals surface area (Å²) in [7, 11) is 4.40. The zero-order valence-electron chi connectivity index (χ0n) is 9.28. The Morgan fingerprint density at radius 1 is 1.13 bits per heavy atom. The first kappa shape index (κ1) is 11.1. The summed E-state index contributed by atoms with van der Waals surface area (Å²) in [5, 5.41) is 0. The zero-order chi connectivity index (χ0) is 10.8. The van der Waals surface area contributed by atoms with E-state index in [0.717, 1.165) is 17.6 Å². The molecule has 3 heteroatoms. The molecule has 1 aliphatic heterocycles. The molecule has 1 saturated heterocycles. The number of benzene rings is 1. The van der Waals surface area contributed by atoms with Gasteiger partial charge in [0.2, 0.25) is 0 Å². The smallest absolute Gasteiger partial charge is 0.0472 e. The fourth-order valence-electron chi connectivity index (χ4n) is 2.05. The van der Waals surface area contributed by atoms with Gasteiger partial charge in [-0.3, -0.25) is 4.90 Å². The van der Waals surface area contributed by atoms with E-state index in [0.29, 0.717) is 6.04 Å². The van der Waals surface area contributed by atoms with Gasteiger partial charge in [0.25, 0.3) is 0 Å². The van der Waals surface area contributed by atoms with Crippen LogP contribution >= 0.6 is 15.9 Å². The van der Waals surface area contributed by atoms with Crippen LogP contribution in [-0.2, 0) is 0 Å². The molecule has 1 aromatic carbocycles. The maximum atomic E-state index is 3.47. The van der Waals surface area contributed by atoms with E-state index in [9.17, 15) is 0 Å². The number of piperazine rings is 1. The van der Waals surface area contributed by atoms with Crippen LogP contribution < -0.4 is 0 Å². The molecule has 1 atom stereocenters. The fraction of sp³-hybridized carbons (Fsp3) is 0.500. The second-order valence-electron chi connectivity index (χ2n) is 4.31. The Bertz CT molecular complexity index is 323. The molecule has 1 aromatic rings. The van der Waals surface area contributed by atoms with Crippen LogP contribution in [0, 0.1) is 0 Å². The number of rotatable bonds is 1. The first-order valence-corrected chi connectivity index (χ1v) is 6.10. The molecule has 2 rings (SSSR count). The minimum atomic E-state index is 0.539. The van der Waals surface area contributed by atoms with Crippen molar-refractivity contribution in [2.75, 3.05) is 33.7 Å². The van der Waals surface area contributed by atoms with Crippen molar-refractivity contribution < 1.29 is 0 Å². The van der Waals surface area contributed by atoms with Crippen LogP contribution in [0.25, 0.3) is 0 Å². The van der Waals surface area contributed by atoms with Gasteiger partial charge in [-0.25, -0.2) is 0 Å². The van der Waals surface area contributed by atoms with Gasteiger partial charge < -0.3 is 4.90 Å². The lowest BCUT2D eigenvalue weighted by molar-refractivity contribution is 0.115. The third-order valence-corrected chi connectivity index (χ3v) is 3.63. The molecular formula is C12H17BrN2. The van der Waals surface area contributed by atoms with Crippen molar-refractivity contribution in [3.63, 3.8) is 0 Å². The SMILES string of the molecule is CN1CCN(C)C(c2ccc(Br)cc2)C1. The number of likely N-dealkylation sites (N-methyl/N-ethyl adjacent to an activating group) is 2. The summed E-state index contributed by atoms with van der Waals surface area (Å²) in [5.74, 6) is 0. The van der Waals surface area contributed by atoms with Gasteiger partial charge in [-0.05, 0) is 31.8 Å². The molecule has 0 aromatic heterocycles. The number of halogens is 1. The maximum absolute atomic E-state index is 3.47. The predicted molar refractivity (Wildman–Crippen MR) is 67.0 cm³/mol. The molecule has 0 spiro atoms. The molecular weight excluding hydrogens is 252 g/mol. The molecule has 1 fully saturated rings. The Morgan fingerprint density at radius 3 is 2.47 bits per heavy atom. The molecule has 0 amide bonds. The highest BCUT2D eigenvalue weighted by atomic mass is 79.9. The second-order valence-corrected chi connectivity index (χ2v) is 5.23. The largest absolute Gasteiger partial charge is 0.303 e. The second kappa shape index (κ2) is 4.64. The summed E-state index contributed by atoms with van der Waals surface area (Å²) in [6.07, 6.45) is 0. The van der Waals surface area contributed by atoms with Crippen molar-refractivity contribution in [1.82, 2.24) is 9.80 Å². The molecule has 0 bridgehead atoms. The monoisotopic (exact) mass is 268 g/mol. The lowest BCUT2D eigenvalue weighted by Crippen LogP contribution is -2.44. The van der Waals surface area contributed by atoms with Gasteiger partial charge in [0.1, 0.15) is 0 Å². The molecule has 0 N–H and O–H groups in total. The van der Waals surface area contributed by atoms with Gasteiger partial charge >= 0.3 is 0 Å². The van der Waals surface area contributed by atoms with Crippen LogP contribution in [0.4, 0.5) is 0 Å². The molecule has 1 aliphatic rings. The topological polar surface area (TPSA) is 6.48 Å². The minimum absolute atomic E-state index is 0.539. The van der Waals surface area contributed by atoms with E-state index < -0.39 is 0 Å². The highest BCUT2D eigenvalue weighted by Crippen LogP contribution is 2.24. The highest BCUT2D eigenvalue weighted by Gasteiger charge is 2.23. The summed E-state index contributed by atoms with van der Waals surface area (Å²) in [5.41, 5.74) is 1.41. The van der Waals surface area contributed by atoms with Crippen molar-refractivity contribution in [2.45, 2.75) is 6.04 Å². The Balaban J connectivity index is 2.17. The third kappa shape index (κ3) is 2.60. The molecule has 2 nitrogen and oxygen atoms in total. The van der Waals surface area contributed by atoms with E-state index in [1.165, 1.54) is 12.1 Å². The summed E-state index contributed by atoms with van der Waals surface area (Å²) in [6, 6.07) is 9.21. The van der Waals surface area contributed by atoms with Gasteiger partial charge in [-0.15, -0.1) is 0 Å². The van der Waals surface area contributed by atoms with Crippen molar-refractivity contribution in [3.8, 4) is 0 Å². The summed E-state index contributed by atoms with van der Waals surface area (Å²) in [6.45, 7) is 3.44. The average molecular weight is 269 g/mol. The lowest BCUT2D eigenvalue weighted by atomic mass is 10.0. The molecule has 1 unspecified atom stereocenters. The van der Waals surface area contributed by atoms with E-state index in [4.69, 9.17) is 0 Å². The Morgan fingerprint density at radius 2 is 1.80 bits per heavy atom. The van der Waals surface area contributed by atoms with Crippen LogP contribution in [0.2, 0.25) is 0 Å². The number of hydrogen-bond donors (Lipinski definition) is 0. The standard InChI is InChI=1S/C12H17BrN2/c1-14-7-8-15(2)12(9-14)10-3-5-11(13)6-4-10/h3-6,12H,7-9H2,1-2H3. The van der Waals surface area contributed by atoms with Gasteiger partial charge in [0.05, 0.1) is 0 Å². The van der Waals surface area contributed by atoms with Crippen LogP contribution in [0.1, 0.15) is 11.6 Å². The lowest BCUT2D eigenvalue weighted by Gasteiger charge is -2.38. The van der Waals surface area contributed by atoms with Gasteiger partial charge in [0, 0.05) is 30.1 Å². The Hall–Kier alpha value is -0.380. The highest BCUT2D eigenvalue weighted by molar-refractivity contribution is 9.10. The van der Waals surface area contributed by atoms with Crippen LogP contribution in [0.3, 0.4) is 0 Å². The van der Waals surface area contributed by atoms with Gasteiger partial charge in [0.15, 0.2) is 0 Å². The van der Waals surface area contributed by atoms with Gasteiger partial charge in [-0.1, -0.05) is 28.1 Å². The molecule has 82 valence electrons. The summed E-state index contributed by atoms with van der Waals surface area (Å²) in [4.78, 5) is 4.83. The molecule has 0 saturated carbocycles. The first-order chi connectivity index (χ1) is 7.16. The Kier molecular flexibility index (Phi) is 3.44. The molecule has 0 radical (unpaired) electrons. The normalized spacial score (nSPS) is 24.3. The van der Waals surface area contributed by atoms with Crippen molar-refractivity contribution in [2.24, 2.45) is 0 Å². The van der Waals surface area contributed by atoms with E-state index in [1.807, 2.05) is 0 Å². The average Bonchev–Trinajstić information content (AvgIpc) is 2.23. The predicted octanol–water partition coefficient (Wildman–Crippen LogP) is 2.37. The van der Waals surface area contributed by atoms with Crippen molar-refractivity contribution in [1.29, 1.82) is 0 Å². The molecule has 15 heavy (non-hydrogen) atoms. The van der Waals surface area contributed by atoms with Crippen molar-refractivity contribution in [3.05, 3.63) is 34.3 Å². The van der Waals surface area contributed by atoms with Crippen LogP contribution in [0.5, 0.6) is 0 Å². The van der Waals surface area contributed by atoms with E-state index in [-0.39, 0.29) is 0 Å².